The van der Waals surface area contributed by atoms with Gasteiger partial charge in [-0.2, -0.15) is 0 Å². The average Bonchev–Trinajstić information content (AvgIpc) is 2.81. The Hall–Kier alpha value is -3.74. The second kappa shape index (κ2) is 11.6. The van der Waals surface area contributed by atoms with Gasteiger partial charge in [0.05, 0.1) is 0 Å². The molecule has 0 radical (unpaired) electrons. The van der Waals surface area contributed by atoms with E-state index in [0.29, 0.717) is 0 Å². The molecule has 0 aliphatic carbocycles. The Kier molecular flexibility index (Phi) is 8.58. The third-order valence-corrected chi connectivity index (χ3v) is 5.26. The minimum atomic E-state index is -0.951. The lowest BCUT2D eigenvalue weighted by Gasteiger charge is -2.33. The molecule has 0 aliphatic heterocycles. The van der Waals surface area contributed by atoms with Gasteiger partial charge in [-0.15, -0.1) is 0 Å². The fraction of sp³-hybridized carbons (Fsp3) is 0.286. The number of para-hydroxylation sites is 1. The normalized spacial score (nSPS) is 12.0. The Bertz CT molecular complexity index is 1150. The molecule has 2 amide bonds. The minimum Gasteiger partial charge on any atom is -0.481 e. The lowest BCUT2D eigenvalue weighted by molar-refractivity contribution is -0.143. The van der Waals surface area contributed by atoms with Crippen LogP contribution in [0, 0.1) is 11.6 Å². The molecule has 1 N–H and O–H groups in total. The van der Waals surface area contributed by atoms with Crippen LogP contribution in [0.2, 0.25) is 0 Å². The summed E-state index contributed by atoms with van der Waals surface area (Å²) in [6.07, 6.45) is 0.211. The first-order chi connectivity index (χ1) is 16.6. The van der Waals surface area contributed by atoms with Gasteiger partial charge in [-0.3, -0.25) is 9.59 Å². The summed E-state index contributed by atoms with van der Waals surface area (Å²) in [5, 5.41) is 2.93. The molecule has 3 aromatic carbocycles. The van der Waals surface area contributed by atoms with Crippen LogP contribution in [-0.2, 0) is 22.6 Å². The predicted octanol–water partition coefficient (Wildman–Crippen LogP) is 4.90. The topological polar surface area (TPSA) is 58.6 Å². The zero-order valence-corrected chi connectivity index (χ0v) is 20.1. The number of halogens is 2. The highest BCUT2D eigenvalue weighted by Crippen LogP contribution is 2.19. The van der Waals surface area contributed by atoms with E-state index in [2.05, 4.69) is 5.32 Å². The van der Waals surface area contributed by atoms with Crippen LogP contribution in [0.25, 0.3) is 0 Å². The second-order valence-electron chi connectivity index (χ2n) is 9.28. The van der Waals surface area contributed by atoms with E-state index >= 15 is 0 Å². The molecule has 0 unspecified atom stereocenters. The SMILES string of the molecule is CC(C)(C)NC(=O)[C@@H](Cc1ccccc1)N(Cc1ccccc1F)C(=O)COc1ccccc1F. The Morgan fingerprint density at radius 2 is 1.49 bits per heavy atom. The van der Waals surface area contributed by atoms with Crippen molar-refractivity contribution in [1.29, 1.82) is 0 Å². The van der Waals surface area contributed by atoms with Crippen LogP contribution in [0.15, 0.2) is 78.9 Å². The summed E-state index contributed by atoms with van der Waals surface area (Å²) in [6, 6.07) is 20.2. The fourth-order valence-electron chi connectivity index (χ4n) is 3.60. The Balaban J connectivity index is 1.95. The number of hydrogen-bond donors (Lipinski definition) is 1. The first-order valence-electron chi connectivity index (χ1n) is 11.4. The van der Waals surface area contributed by atoms with Crippen LogP contribution in [0.5, 0.6) is 5.75 Å². The Labute approximate surface area is 204 Å². The fourth-order valence-corrected chi connectivity index (χ4v) is 3.60. The minimum absolute atomic E-state index is 0.0783. The van der Waals surface area contributed by atoms with Crippen molar-refractivity contribution in [1.82, 2.24) is 10.2 Å². The highest BCUT2D eigenvalue weighted by Gasteiger charge is 2.33. The van der Waals surface area contributed by atoms with Gasteiger partial charge in [-0.25, -0.2) is 8.78 Å². The van der Waals surface area contributed by atoms with Gasteiger partial charge in [0.1, 0.15) is 11.9 Å². The lowest BCUT2D eigenvalue weighted by atomic mass is 10.0. The van der Waals surface area contributed by atoms with Crippen molar-refractivity contribution >= 4 is 11.8 Å². The highest BCUT2D eigenvalue weighted by atomic mass is 19.1. The van der Waals surface area contributed by atoms with Crippen molar-refractivity contribution in [2.75, 3.05) is 6.61 Å². The maximum absolute atomic E-state index is 14.6. The molecule has 35 heavy (non-hydrogen) atoms. The number of hydrogen-bond acceptors (Lipinski definition) is 3. The molecule has 0 saturated carbocycles. The van der Waals surface area contributed by atoms with Gasteiger partial charge in [-0.1, -0.05) is 60.7 Å². The molecule has 0 bridgehead atoms. The highest BCUT2D eigenvalue weighted by molar-refractivity contribution is 5.89. The van der Waals surface area contributed by atoms with Crippen molar-refractivity contribution in [2.24, 2.45) is 0 Å². The molecule has 5 nitrogen and oxygen atoms in total. The number of nitrogens with one attached hydrogen (secondary N) is 1. The third kappa shape index (κ3) is 7.64. The first kappa shape index (κ1) is 25.9. The molecular weight excluding hydrogens is 450 g/mol. The van der Waals surface area contributed by atoms with Crippen LogP contribution in [0.4, 0.5) is 8.78 Å². The summed E-state index contributed by atoms with van der Waals surface area (Å²) in [6.45, 7) is 4.86. The maximum atomic E-state index is 14.6. The van der Waals surface area contributed by atoms with E-state index < -0.39 is 35.7 Å². The van der Waals surface area contributed by atoms with E-state index in [4.69, 9.17) is 4.74 Å². The molecule has 0 fully saturated rings. The molecule has 0 aromatic heterocycles. The van der Waals surface area contributed by atoms with Crippen molar-refractivity contribution < 1.29 is 23.1 Å². The zero-order valence-electron chi connectivity index (χ0n) is 20.1. The summed E-state index contributed by atoms with van der Waals surface area (Å²) in [5.41, 5.74) is 0.541. The first-order valence-corrected chi connectivity index (χ1v) is 11.4. The molecular formula is C28H30F2N2O3. The number of nitrogens with zero attached hydrogens (tertiary/aromatic N) is 1. The third-order valence-electron chi connectivity index (χ3n) is 5.26. The van der Waals surface area contributed by atoms with E-state index in [-0.39, 0.29) is 30.2 Å². The maximum Gasteiger partial charge on any atom is 0.261 e. The van der Waals surface area contributed by atoms with E-state index in [1.54, 1.807) is 24.3 Å². The molecule has 3 aromatic rings. The number of benzene rings is 3. The van der Waals surface area contributed by atoms with E-state index in [1.807, 2.05) is 51.1 Å². The van der Waals surface area contributed by atoms with E-state index in [9.17, 15) is 18.4 Å². The lowest BCUT2D eigenvalue weighted by Crippen LogP contribution is -2.55. The van der Waals surface area contributed by atoms with Crippen LogP contribution in [0.3, 0.4) is 0 Å². The molecule has 0 aliphatic rings. The smallest absolute Gasteiger partial charge is 0.261 e. The van der Waals surface area contributed by atoms with E-state index in [1.165, 1.54) is 29.2 Å². The van der Waals surface area contributed by atoms with Gasteiger partial charge in [0.25, 0.3) is 5.91 Å². The molecule has 3 rings (SSSR count). The zero-order chi connectivity index (χ0) is 25.4. The molecule has 1 atom stereocenters. The van der Waals surface area contributed by atoms with Crippen molar-refractivity contribution in [3.63, 3.8) is 0 Å². The Morgan fingerprint density at radius 3 is 2.11 bits per heavy atom. The standard InChI is InChI=1S/C28H30F2N2O3/c1-28(2,3)31-27(34)24(17-20-11-5-4-6-12-20)32(18-21-13-7-8-14-22(21)29)26(33)19-35-25-16-10-9-15-23(25)30/h4-16,24H,17-19H2,1-3H3,(H,31,34)/t24-/m1/s1. The second-order valence-corrected chi connectivity index (χ2v) is 9.28. The van der Waals surface area contributed by atoms with Crippen molar-refractivity contribution in [3.05, 3.63) is 102 Å². The summed E-state index contributed by atoms with van der Waals surface area (Å²) >= 11 is 0. The monoisotopic (exact) mass is 480 g/mol. The van der Waals surface area contributed by atoms with Crippen LogP contribution in [-0.4, -0.2) is 34.9 Å². The molecule has 0 saturated heterocycles. The number of amides is 2. The largest absolute Gasteiger partial charge is 0.481 e. The summed E-state index contributed by atoms with van der Waals surface area (Å²) < 4.78 is 34.0. The summed E-state index contributed by atoms with van der Waals surface area (Å²) in [5.74, 6) is -2.12. The summed E-state index contributed by atoms with van der Waals surface area (Å²) in [7, 11) is 0. The number of carbonyl (C=O) groups excluding carboxylic acids is 2. The quantitative estimate of drug-likeness (QED) is 0.474. The van der Waals surface area contributed by atoms with Gasteiger partial charge in [0.2, 0.25) is 5.91 Å². The predicted molar refractivity (Wildman–Crippen MR) is 131 cm³/mol. The van der Waals surface area contributed by atoms with Gasteiger partial charge in [0, 0.05) is 24.1 Å². The summed E-state index contributed by atoms with van der Waals surface area (Å²) in [4.78, 5) is 28.1. The van der Waals surface area contributed by atoms with Crippen molar-refractivity contribution in [3.8, 4) is 5.75 Å². The Morgan fingerprint density at radius 1 is 0.886 bits per heavy atom. The van der Waals surface area contributed by atoms with Gasteiger partial charge in [-0.05, 0) is 44.5 Å². The van der Waals surface area contributed by atoms with Crippen LogP contribution >= 0.6 is 0 Å². The number of carbonyl (C=O) groups is 2. The van der Waals surface area contributed by atoms with Crippen LogP contribution < -0.4 is 10.1 Å². The van der Waals surface area contributed by atoms with Crippen LogP contribution in [0.1, 0.15) is 31.9 Å². The number of rotatable bonds is 9. The average molecular weight is 481 g/mol. The molecule has 184 valence electrons. The van der Waals surface area contributed by atoms with Gasteiger partial charge < -0.3 is 15.0 Å². The molecule has 7 heteroatoms. The number of ether oxygens (including phenoxy) is 1. The van der Waals surface area contributed by atoms with E-state index in [0.717, 1.165) is 5.56 Å². The van der Waals surface area contributed by atoms with Gasteiger partial charge >= 0.3 is 0 Å². The molecule has 0 heterocycles. The van der Waals surface area contributed by atoms with Gasteiger partial charge in [0.15, 0.2) is 18.2 Å². The van der Waals surface area contributed by atoms with Crippen molar-refractivity contribution in [2.45, 2.75) is 45.3 Å². The molecule has 0 spiro atoms.